The lowest BCUT2D eigenvalue weighted by Gasteiger charge is -2.26. The molecular weight excluding hydrogens is 542 g/mol. The smallest absolute Gasteiger partial charge is 0.394 e. The number of thiophene rings is 1. The lowest BCUT2D eigenvalue weighted by molar-refractivity contribution is 0.104. The Kier molecular flexibility index (Phi) is 9.20. The highest BCUT2D eigenvalue weighted by Gasteiger charge is 2.22. The number of ether oxygens (including phenoxy) is 1. The van der Waals surface area contributed by atoms with Crippen LogP contribution < -0.4 is 4.74 Å². The van der Waals surface area contributed by atoms with E-state index in [4.69, 9.17) is 22.3 Å². The van der Waals surface area contributed by atoms with Gasteiger partial charge in [-0.3, -0.25) is 18.8 Å². The number of carbonyl (C=O) groups is 1. The Labute approximate surface area is 230 Å². The fraction of sp³-hybridized carbons (Fsp3) is 0.250. The van der Waals surface area contributed by atoms with Crippen molar-refractivity contribution in [1.29, 1.82) is 0 Å². The normalized spacial score (nSPS) is 14.0. The number of likely N-dealkylation sites (tertiary alicyclic amines) is 1. The van der Waals surface area contributed by atoms with E-state index in [1.54, 1.807) is 42.5 Å². The molecule has 39 heavy (non-hydrogen) atoms. The van der Waals surface area contributed by atoms with Gasteiger partial charge in [0.1, 0.15) is 23.9 Å². The van der Waals surface area contributed by atoms with Crippen LogP contribution in [0.5, 0.6) is 17.2 Å². The first-order valence-electron chi connectivity index (χ1n) is 12.3. The number of ketones is 1. The molecule has 4 N–H and O–H groups in total. The second-order valence-corrected chi connectivity index (χ2v) is 11.0. The van der Waals surface area contributed by atoms with Crippen molar-refractivity contribution in [2.24, 2.45) is 0 Å². The highest BCUT2D eigenvalue weighted by Crippen LogP contribution is 2.41. The zero-order chi connectivity index (χ0) is 28.0. The number of rotatable bonds is 7. The molecule has 0 amide bonds. The minimum absolute atomic E-state index is 0.0834. The van der Waals surface area contributed by atoms with Crippen LogP contribution in [0.3, 0.4) is 0 Å². The van der Waals surface area contributed by atoms with E-state index >= 15 is 0 Å². The van der Waals surface area contributed by atoms with E-state index < -0.39 is 10.4 Å². The van der Waals surface area contributed by atoms with E-state index in [0.29, 0.717) is 17.7 Å². The monoisotopic (exact) mass is 571 g/mol. The van der Waals surface area contributed by atoms with Crippen molar-refractivity contribution in [3.8, 4) is 27.7 Å². The topological polar surface area (TPSA) is 145 Å². The molecule has 1 saturated heterocycles. The molecule has 0 bridgehead atoms. The molecule has 0 atom stereocenters. The Balaban J connectivity index is 0.000000648. The number of fused-ring (bicyclic) bond motifs is 1. The van der Waals surface area contributed by atoms with Crippen LogP contribution in [0, 0.1) is 0 Å². The van der Waals surface area contributed by atoms with Crippen molar-refractivity contribution in [2.75, 3.05) is 26.2 Å². The van der Waals surface area contributed by atoms with Gasteiger partial charge in [-0.25, -0.2) is 0 Å². The minimum Gasteiger partial charge on any atom is -0.508 e. The lowest BCUT2D eigenvalue weighted by atomic mass is 9.97. The molecule has 3 aromatic carbocycles. The summed E-state index contributed by atoms with van der Waals surface area (Å²) in [7, 11) is -4.67. The quantitative estimate of drug-likeness (QED) is 0.169. The second kappa shape index (κ2) is 12.6. The van der Waals surface area contributed by atoms with Crippen LogP contribution in [-0.4, -0.2) is 64.7 Å². The van der Waals surface area contributed by atoms with Crippen molar-refractivity contribution in [3.05, 3.63) is 77.9 Å². The number of nitrogens with zero attached hydrogens (tertiary/aromatic N) is 1. The predicted molar refractivity (Wildman–Crippen MR) is 150 cm³/mol. The average molecular weight is 572 g/mol. The Morgan fingerprint density at radius 1 is 0.872 bits per heavy atom. The molecule has 0 aliphatic carbocycles. The van der Waals surface area contributed by atoms with Crippen LogP contribution in [0.25, 0.3) is 20.5 Å². The third-order valence-electron chi connectivity index (χ3n) is 6.27. The number of benzene rings is 3. The molecule has 5 rings (SSSR count). The van der Waals surface area contributed by atoms with Crippen LogP contribution in [0.15, 0.2) is 66.7 Å². The Bertz CT molecular complexity index is 1520. The van der Waals surface area contributed by atoms with Crippen LogP contribution in [0.4, 0.5) is 0 Å². The standard InChI is InChI=1S/C28H27NO4S.H2O4S/c30-21-8-4-20(5-9-21)28-26(24-13-10-22(31)18-25(24)34-28)27(32)19-6-11-23(12-7-19)33-17-16-29-14-2-1-3-15-29;1-5(2,3)4/h4-13,18,30-31H,1-3,14-17H2;(H2,1,2,3,4). The summed E-state index contributed by atoms with van der Waals surface area (Å²) in [6, 6.07) is 19.2. The summed E-state index contributed by atoms with van der Waals surface area (Å²) in [6.45, 7) is 3.85. The zero-order valence-corrected chi connectivity index (χ0v) is 22.6. The van der Waals surface area contributed by atoms with E-state index in [9.17, 15) is 15.0 Å². The lowest BCUT2D eigenvalue weighted by Crippen LogP contribution is -2.33. The summed E-state index contributed by atoms with van der Waals surface area (Å²) < 4.78 is 38.3. The van der Waals surface area contributed by atoms with Gasteiger partial charge in [-0.15, -0.1) is 11.3 Å². The summed E-state index contributed by atoms with van der Waals surface area (Å²) in [4.78, 5) is 16.9. The Morgan fingerprint density at radius 2 is 1.49 bits per heavy atom. The highest BCUT2D eigenvalue weighted by atomic mass is 32.3. The molecule has 2 heterocycles. The predicted octanol–water partition coefficient (Wildman–Crippen LogP) is 5.42. The van der Waals surface area contributed by atoms with E-state index in [-0.39, 0.29) is 17.3 Å². The van der Waals surface area contributed by atoms with E-state index in [0.717, 1.165) is 45.9 Å². The maximum atomic E-state index is 13.6. The maximum Gasteiger partial charge on any atom is 0.394 e. The van der Waals surface area contributed by atoms with Crippen molar-refractivity contribution < 1.29 is 37.3 Å². The molecular formula is C28H29NO8S2. The van der Waals surface area contributed by atoms with Gasteiger partial charge in [0.25, 0.3) is 0 Å². The summed E-state index contributed by atoms with van der Waals surface area (Å²) in [5.74, 6) is 1.01. The van der Waals surface area contributed by atoms with Crippen molar-refractivity contribution in [1.82, 2.24) is 4.90 Å². The van der Waals surface area contributed by atoms with Gasteiger partial charge in [-0.1, -0.05) is 6.42 Å². The van der Waals surface area contributed by atoms with Gasteiger partial charge in [0.05, 0.1) is 0 Å². The molecule has 0 radical (unpaired) electrons. The van der Waals surface area contributed by atoms with Crippen LogP contribution >= 0.6 is 11.3 Å². The fourth-order valence-electron chi connectivity index (χ4n) is 4.45. The Hall–Kier alpha value is -3.48. The van der Waals surface area contributed by atoms with Crippen LogP contribution in [-0.2, 0) is 10.4 Å². The van der Waals surface area contributed by atoms with Gasteiger partial charge in [-0.2, -0.15) is 8.42 Å². The van der Waals surface area contributed by atoms with Gasteiger partial charge in [0, 0.05) is 32.6 Å². The molecule has 1 aliphatic heterocycles. The highest BCUT2D eigenvalue weighted by molar-refractivity contribution is 7.79. The number of phenolic OH excluding ortho intramolecular Hbond substituents is 2. The van der Waals surface area contributed by atoms with Gasteiger partial charge in [-0.05, 0) is 98.2 Å². The SMILES string of the molecule is O=C(c1ccc(OCCN2CCCCC2)cc1)c1c(-c2ccc(O)cc2)sc2cc(O)ccc12.O=S(=O)(O)O. The molecule has 1 fully saturated rings. The third kappa shape index (κ3) is 8.01. The van der Waals surface area contributed by atoms with Gasteiger partial charge in [0.15, 0.2) is 5.78 Å². The molecule has 206 valence electrons. The van der Waals surface area contributed by atoms with E-state index in [1.807, 2.05) is 24.3 Å². The van der Waals surface area contributed by atoms with Crippen LogP contribution in [0.2, 0.25) is 0 Å². The molecule has 0 saturated carbocycles. The van der Waals surface area contributed by atoms with Gasteiger partial charge < -0.3 is 14.9 Å². The molecule has 9 nitrogen and oxygen atoms in total. The summed E-state index contributed by atoms with van der Waals surface area (Å²) in [5, 5.41) is 20.4. The van der Waals surface area contributed by atoms with Gasteiger partial charge >= 0.3 is 10.4 Å². The van der Waals surface area contributed by atoms with E-state index in [1.165, 1.54) is 30.6 Å². The van der Waals surface area contributed by atoms with E-state index in [2.05, 4.69) is 4.90 Å². The second-order valence-electron chi connectivity index (χ2n) is 9.09. The van der Waals surface area contributed by atoms with Crippen molar-refractivity contribution in [3.63, 3.8) is 0 Å². The number of carbonyl (C=O) groups excluding carboxylic acids is 1. The van der Waals surface area contributed by atoms with Crippen molar-refractivity contribution in [2.45, 2.75) is 19.3 Å². The first-order chi connectivity index (χ1) is 18.6. The summed E-state index contributed by atoms with van der Waals surface area (Å²) in [6.07, 6.45) is 3.85. The Morgan fingerprint density at radius 3 is 2.13 bits per heavy atom. The first kappa shape index (κ1) is 28.5. The number of hydrogen-bond donors (Lipinski definition) is 4. The summed E-state index contributed by atoms with van der Waals surface area (Å²) >= 11 is 1.46. The summed E-state index contributed by atoms with van der Waals surface area (Å²) in [5.41, 5.74) is 2.03. The largest absolute Gasteiger partial charge is 0.508 e. The molecule has 4 aromatic rings. The maximum absolute atomic E-state index is 13.6. The third-order valence-corrected chi connectivity index (χ3v) is 7.47. The number of aromatic hydroxyl groups is 2. The first-order valence-corrected chi connectivity index (χ1v) is 14.5. The van der Waals surface area contributed by atoms with Crippen LogP contribution in [0.1, 0.15) is 35.2 Å². The molecule has 1 aromatic heterocycles. The van der Waals surface area contributed by atoms with Gasteiger partial charge in [0.2, 0.25) is 0 Å². The number of hydrogen-bond acceptors (Lipinski definition) is 8. The molecule has 1 aliphatic rings. The average Bonchev–Trinajstić information content (AvgIpc) is 3.27. The van der Waals surface area contributed by atoms with Crippen molar-refractivity contribution >= 4 is 37.6 Å². The molecule has 0 unspecified atom stereocenters. The molecule has 0 spiro atoms. The number of piperidine rings is 1. The fourth-order valence-corrected chi connectivity index (χ4v) is 5.69. The zero-order valence-electron chi connectivity index (χ0n) is 21.0. The minimum atomic E-state index is -4.67. The number of phenols is 2. The molecule has 11 heteroatoms.